The number of carbonyl (C=O) groups excluding carboxylic acids is 2. The van der Waals surface area contributed by atoms with Crippen molar-refractivity contribution in [1.82, 2.24) is 14.7 Å². The summed E-state index contributed by atoms with van der Waals surface area (Å²) in [4.78, 5) is 30.2. The fraction of sp³-hybridized carbons (Fsp3) is 0.875. The summed E-state index contributed by atoms with van der Waals surface area (Å²) < 4.78 is 0. The molecule has 1 saturated carbocycles. The first-order chi connectivity index (χ1) is 10.1. The molecule has 2 saturated heterocycles. The predicted molar refractivity (Wildman–Crippen MR) is 80.5 cm³/mol. The molecule has 0 bridgehead atoms. The average molecular weight is 293 g/mol. The molecule has 1 atom stereocenters. The molecular formula is C16H27N3O2. The Hall–Kier alpha value is -0.940. The van der Waals surface area contributed by atoms with Crippen molar-refractivity contribution < 1.29 is 9.59 Å². The average Bonchev–Trinajstić information content (AvgIpc) is 2.75. The lowest BCUT2D eigenvalue weighted by Gasteiger charge is -2.41. The highest BCUT2D eigenvalue weighted by atomic mass is 16.2. The van der Waals surface area contributed by atoms with Crippen molar-refractivity contribution in [2.45, 2.75) is 51.5 Å². The molecule has 2 aliphatic heterocycles. The summed E-state index contributed by atoms with van der Waals surface area (Å²) in [6.07, 6.45) is 7.23. The van der Waals surface area contributed by atoms with Crippen LogP contribution in [0.4, 0.5) is 0 Å². The highest BCUT2D eigenvalue weighted by Gasteiger charge is 2.37. The van der Waals surface area contributed by atoms with E-state index >= 15 is 0 Å². The summed E-state index contributed by atoms with van der Waals surface area (Å²) in [6.45, 7) is 6.46. The summed E-state index contributed by atoms with van der Waals surface area (Å²) >= 11 is 0. The van der Waals surface area contributed by atoms with Gasteiger partial charge in [-0.05, 0) is 12.8 Å². The normalized spacial score (nSPS) is 30.3. The van der Waals surface area contributed by atoms with E-state index in [1.807, 2.05) is 6.92 Å². The van der Waals surface area contributed by atoms with Gasteiger partial charge in [0.2, 0.25) is 11.8 Å². The highest BCUT2D eigenvalue weighted by Crippen LogP contribution is 2.24. The Morgan fingerprint density at radius 2 is 1.67 bits per heavy atom. The van der Waals surface area contributed by atoms with E-state index in [0.717, 1.165) is 32.2 Å². The number of amides is 2. The van der Waals surface area contributed by atoms with Gasteiger partial charge in [0.1, 0.15) is 0 Å². The number of likely N-dealkylation sites (tertiary alicyclic amines) is 1. The molecule has 1 aliphatic carbocycles. The second-order valence-electron chi connectivity index (χ2n) is 6.85. The third-order valence-corrected chi connectivity index (χ3v) is 5.31. The van der Waals surface area contributed by atoms with Crippen molar-refractivity contribution in [2.24, 2.45) is 5.92 Å². The molecule has 0 aromatic rings. The van der Waals surface area contributed by atoms with Gasteiger partial charge in [0.05, 0.1) is 6.67 Å². The minimum absolute atomic E-state index is 0.00205. The number of nitrogens with zero attached hydrogens (tertiary/aromatic N) is 3. The Bertz CT molecular complexity index is 398. The number of hydrogen-bond acceptors (Lipinski definition) is 4. The van der Waals surface area contributed by atoms with E-state index in [-0.39, 0.29) is 17.7 Å². The van der Waals surface area contributed by atoms with Crippen molar-refractivity contribution >= 4 is 11.8 Å². The fourth-order valence-electron chi connectivity index (χ4n) is 3.91. The van der Waals surface area contributed by atoms with E-state index < -0.39 is 0 Å². The van der Waals surface area contributed by atoms with Gasteiger partial charge in [-0.1, -0.05) is 26.2 Å². The van der Waals surface area contributed by atoms with Crippen molar-refractivity contribution in [3.05, 3.63) is 0 Å². The molecule has 21 heavy (non-hydrogen) atoms. The number of carbonyl (C=O) groups is 2. The van der Waals surface area contributed by atoms with Crippen LogP contribution in [0.5, 0.6) is 0 Å². The molecule has 2 amide bonds. The van der Waals surface area contributed by atoms with Crippen molar-refractivity contribution in [3.8, 4) is 0 Å². The molecule has 5 heteroatoms. The number of hydrogen-bond donors (Lipinski definition) is 0. The van der Waals surface area contributed by atoms with E-state index in [1.165, 1.54) is 37.0 Å². The third kappa shape index (κ3) is 3.29. The Kier molecular flexibility index (Phi) is 4.60. The maximum atomic E-state index is 12.0. The van der Waals surface area contributed by atoms with Gasteiger partial charge in [0, 0.05) is 44.6 Å². The zero-order chi connectivity index (χ0) is 14.8. The first-order valence-corrected chi connectivity index (χ1v) is 8.46. The van der Waals surface area contributed by atoms with Crippen LogP contribution in [-0.2, 0) is 9.59 Å². The van der Waals surface area contributed by atoms with Crippen LogP contribution in [0.2, 0.25) is 0 Å². The number of rotatable bonds is 3. The number of imide groups is 1. The summed E-state index contributed by atoms with van der Waals surface area (Å²) in [5, 5.41) is 0. The Morgan fingerprint density at radius 1 is 1.00 bits per heavy atom. The summed E-state index contributed by atoms with van der Waals surface area (Å²) in [5.74, 6) is -0.113. The molecule has 0 spiro atoms. The maximum absolute atomic E-state index is 12.0. The highest BCUT2D eigenvalue weighted by molar-refractivity contribution is 6.03. The van der Waals surface area contributed by atoms with Gasteiger partial charge in [0.25, 0.3) is 0 Å². The summed E-state index contributed by atoms with van der Waals surface area (Å²) in [7, 11) is 0. The molecule has 0 N–H and O–H groups in total. The van der Waals surface area contributed by atoms with E-state index in [1.54, 1.807) is 0 Å². The van der Waals surface area contributed by atoms with Gasteiger partial charge in [-0.25, -0.2) is 0 Å². The van der Waals surface area contributed by atoms with Crippen LogP contribution >= 0.6 is 0 Å². The second-order valence-corrected chi connectivity index (χ2v) is 6.85. The van der Waals surface area contributed by atoms with Crippen LogP contribution < -0.4 is 0 Å². The summed E-state index contributed by atoms with van der Waals surface area (Å²) in [6, 6.07) is 0.774. The van der Waals surface area contributed by atoms with Crippen molar-refractivity contribution in [2.75, 3.05) is 32.8 Å². The van der Waals surface area contributed by atoms with E-state index in [2.05, 4.69) is 9.80 Å². The Balaban J connectivity index is 1.47. The molecule has 3 aliphatic rings. The van der Waals surface area contributed by atoms with E-state index in [4.69, 9.17) is 0 Å². The van der Waals surface area contributed by atoms with Gasteiger partial charge >= 0.3 is 0 Å². The molecule has 0 radical (unpaired) electrons. The van der Waals surface area contributed by atoms with Gasteiger partial charge in [-0.3, -0.25) is 24.3 Å². The molecule has 3 rings (SSSR count). The van der Waals surface area contributed by atoms with Crippen LogP contribution in [0.25, 0.3) is 0 Å². The van der Waals surface area contributed by atoms with E-state index in [9.17, 15) is 9.59 Å². The quantitative estimate of drug-likeness (QED) is 0.736. The van der Waals surface area contributed by atoms with E-state index in [0.29, 0.717) is 13.1 Å². The molecule has 0 aromatic carbocycles. The van der Waals surface area contributed by atoms with Gasteiger partial charge in [-0.15, -0.1) is 0 Å². The topological polar surface area (TPSA) is 43.9 Å². The minimum Gasteiger partial charge on any atom is -0.298 e. The van der Waals surface area contributed by atoms with Crippen LogP contribution in [-0.4, -0.2) is 65.4 Å². The largest absolute Gasteiger partial charge is 0.298 e. The van der Waals surface area contributed by atoms with Crippen molar-refractivity contribution in [1.29, 1.82) is 0 Å². The van der Waals surface area contributed by atoms with Crippen molar-refractivity contribution in [3.63, 3.8) is 0 Å². The minimum atomic E-state index is -0.124. The fourth-order valence-corrected chi connectivity index (χ4v) is 3.91. The first-order valence-electron chi connectivity index (χ1n) is 8.46. The zero-order valence-corrected chi connectivity index (χ0v) is 13.1. The Labute approximate surface area is 127 Å². The second kappa shape index (κ2) is 6.44. The molecule has 0 aromatic heterocycles. The molecule has 1 unspecified atom stereocenters. The maximum Gasteiger partial charge on any atom is 0.233 e. The first kappa shape index (κ1) is 15.0. The number of piperazine rings is 1. The predicted octanol–water partition coefficient (Wildman–Crippen LogP) is 1.29. The lowest BCUT2D eigenvalue weighted by Crippen LogP contribution is -2.53. The lowest BCUT2D eigenvalue weighted by molar-refractivity contribution is -0.142. The van der Waals surface area contributed by atoms with Gasteiger partial charge in [-0.2, -0.15) is 0 Å². The molecule has 5 nitrogen and oxygen atoms in total. The third-order valence-electron chi connectivity index (χ3n) is 5.31. The molecule has 2 heterocycles. The lowest BCUT2D eigenvalue weighted by atomic mass is 9.94. The Morgan fingerprint density at radius 3 is 2.24 bits per heavy atom. The van der Waals surface area contributed by atoms with Gasteiger partial charge < -0.3 is 0 Å². The monoisotopic (exact) mass is 293 g/mol. The molecule has 3 fully saturated rings. The zero-order valence-electron chi connectivity index (χ0n) is 13.1. The molecular weight excluding hydrogens is 266 g/mol. The SMILES string of the molecule is CC1CC(=O)N(CN2CCN(C3CCCCC3)CC2)C1=O. The summed E-state index contributed by atoms with van der Waals surface area (Å²) in [5.41, 5.74) is 0. The van der Waals surface area contributed by atoms with Gasteiger partial charge in [0.15, 0.2) is 0 Å². The smallest absolute Gasteiger partial charge is 0.233 e. The van der Waals surface area contributed by atoms with Crippen LogP contribution in [0.3, 0.4) is 0 Å². The van der Waals surface area contributed by atoms with Crippen LogP contribution in [0, 0.1) is 5.92 Å². The van der Waals surface area contributed by atoms with Crippen LogP contribution in [0.15, 0.2) is 0 Å². The standard InChI is InChI=1S/C16H27N3O2/c1-13-11-15(20)19(16(13)21)12-17-7-9-18(10-8-17)14-5-3-2-4-6-14/h13-14H,2-12H2,1H3. The van der Waals surface area contributed by atoms with Crippen LogP contribution in [0.1, 0.15) is 45.4 Å². The molecule has 118 valence electrons.